The lowest BCUT2D eigenvalue weighted by Crippen LogP contribution is -2.61. The minimum absolute atomic E-state index is 0.110. The molecule has 0 aliphatic carbocycles. The minimum Gasteiger partial charge on any atom is -0.454 e. The summed E-state index contributed by atoms with van der Waals surface area (Å²) in [6.07, 6.45) is 48.3. The summed E-state index contributed by atoms with van der Waals surface area (Å²) in [6, 6.07) is -1.03. The molecule has 11 heteroatoms. The highest BCUT2D eigenvalue weighted by Gasteiger charge is 2.47. The number of amides is 1. The minimum atomic E-state index is -1.62. The molecule has 1 fully saturated rings. The Balaban J connectivity index is 2.74. The fourth-order valence-corrected chi connectivity index (χ4v) is 8.70. The second kappa shape index (κ2) is 48.3. The van der Waals surface area contributed by atoms with Gasteiger partial charge >= 0.3 is 5.97 Å². The Morgan fingerprint density at radius 2 is 0.986 bits per heavy atom. The van der Waals surface area contributed by atoms with Crippen LogP contribution in [0.25, 0.3) is 0 Å². The van der Waals surface area contributed by atoms with E-state index in [2.05, 4.69) is 74.7 Å². The largest absolute Gasteiger partial charge is 0.454 e. The van der Waals surface area contributed by atoms with E-state index in [1.807, 2.05) is 6.08 Å². The molecule has 0 spiro atoms. The van der Waals surface area contributed by atoms with Crippen LogP contribution in [-0.4, -0.2) is 99.6 Å². The number of esters is 1. The van der Waals surface area contributed by atoms with Gasteiger partial charge in [-0.05, 0) is 83.5 Å². The third-order valence-corrected chi connectivity index (χ3v) is 13.4. The molecule has 1 heterocycles. The summed E-state index contributed by atoms with van der Waals surface area (Å²) >= 11 is 0. The van der Waals surface area contributed by atoms with Gasteiger partial charge in [0.1, 0.15) is 24.4 Å². The van der Waals surface area contributed by atoms with Crippen LogP contribution in [0, 0.1) is 0 Å². The van der Waals surface area contributed by atoms with E-state index in [0.717, 1.165) is 103 Å². The monoisotopic (exact) mass is 1000 g/mol. The molecule has 0 saturated carbocycles. The quantitative estimate of drug-likeness (QED) is 0.0196. The van der Waals surface area contributed by atoms with Crippen molar-refractivity contribution in [3.05, 3.63) is 60.8 Å². The fraction of sp³-hybridized carbons (Fsp3) is 0.800. The molecule has 1 rings (SSSR count). The van der Waals surface area contributed by atoms with Crippen molar-refractivity contribution < 1.29 is 49.3 Å². The number of hydrogen-bond donors (Lipinski definition) is 6. The Kier molecular flexibility index (Phi) is 45.2. The molecule has 1 aliphatic heterocycles. The van der Waals surface area contributed by atoms with E-state index >= 15 is 0 Å². The van der Waals surface area contributed by atoms with Gasteiger partial charge in [0.2, 0.25) is 5.91 Å². The van der Waals surface area contributed by atoms with E-state index in [-0.39, 0.29) is 19.4 Å². The van der Waals surface area contributed by atoms with E-state index in [9.17, 15) is 35.1 Å². The molecular formula is C60H107NO10. The van der Waals surface area contributed by atoms with Crippen molar-refractivity contribution >= 4 is 11.9 Å². The van der Waals surface area contributed by atoms with Gasteiger partial charge in [0.15, 0.2) is 12.4 Å². The average Bonchev–Trinajstić information content (AvgIpc) is 3.37. The maximum absolute atomic E-state index is 13.4. The van der Waals surface area contributed by atoms with Gasteiger partial charge in [0.25, 0.3) is 0 Å². The summed E-state index contributed by atoms with van der Waals surface area (Å²) in [5.74, 6) is -1.22. The Morgan fingerprint density at radius 1 is 0.549 bits per heavy atom. The SMILES string of the molecule is CCCC/C=C\CCCCCCCC(=O)OC1C(OCC(NC(=O)C(O)CCCCCCC/C=C\C/C=C\C/C=C\CCCCC)C(O)/C=C/CCCCCCCCCCCCC)OC(CO)C(O)C1O. The number of carbonyl (C=O) groups is 2. The van der Waals surface area contributed by atoms with Crippen LogP contribution in [0.4, 0.5) is 0 Å². The Hall–Kier alpha value is -2.64. The van der Waals surface area contributed by atoms with Crippen LogP contribution in [0.3, 0.4) is 0 Å². The predicted molar refractivity (Wildman–Crippen MR) is 292 cm³/mol. The zero-order chi connectivity index (χ0) is 51.8. The molecule has 1 aliphatic rings. The van der Waals surface area contributed by atoms with Gasteiger partial charge in [-0.15, -0.1) is 0 Å². The Labute approximate surface area is 433 Å². The van der Waals surface area contributed by atoms with E-state index in [4.69, 9.17) is 14.2 Å². The summed E-state index contributed by atoms with van der Waals surface area (Å²) in [7, 11) is 0. The molecule has 6 N–H and O–H groups in total. The number of rotatable bonds is 48. The molecule has 0 aromatic rings. The number of carbonyl (C=O) groups excluding carboxylic acids is 2. The maximum atomic E-state index is 13.4. The van der Waals surface area contributed by atoms with Crippen molar-refractivity contribution in [3.8, 4) is 0 Å². The third kappa shape index (κ3) is 36.9. The topological polar surface area (TPSA) is 175 Å². The number of unbranched alkanes of at least 4 members (excludes halogenated alkanes) is 26. The van der Waals surface area contributed by atoms with Crippen molar-refractivity contribution in [2.75, 3.05) is 13.2 Å². The first-order valence-corrected chi connectivity index (χ1v) is 29.1. The standard InChI is InChI=1S/C60H107NO10/c1-4-7-10-13-16-19-22-24-25-26-27-28-30-33-35-38-41-44-47-53(64)59(68)61-51(52(63)46-43-40-37-34-32-29-23-20-17-14-11-8-5-2)50-69-60-58(57(67)56(66)54(49-62)70-60)71-55(65)48-45-42-39-36-31-21-18-15-12-9-6-3/h15-16,18-19,24-25,27-28,43,46,51-54,56-58,60,62-64,66-67H,4-14,17,20-23,26,29-42,44-45,47-50H2,1-3H3,(H,61,68)/b18-15-,19-16-,25-24-,28-27-,46-43+. The van der Waals surface area contributed by atoms with Gasteiger partial charge in [-0.1, -0.05) is 216 Å². The summed E-state index contributed by atoms with van der Waals surface area (Å²) in [5, 5.41) is 56.8. The lowest BCUT2D eigenvalue weighted by Gasteiger charge is -2.41. The van der Waals surface area contributed by atoms with Crippen LogP contribution in [0.5, 0.6) is 0 Å². The molecule has 71 heavy (non-hydrogen) atoms. The highest BCUT2D eigenvalue weighted by Crippen LogP contribution is 2.26. The fourth-order valence-electron chi connectivity index (χ4n) is 8.70. The molecule has 1 saturated heterocycles. The van der Waals surface area contributed by atoms with E-state index < -0.39 is 67.4 Å². The summed E-state index contributed by atoms with van der Waals surface area (Å²) in [6.45, 7) is 5.69. The normalized spacial score (nSPS) is 20.0. The molecule has 0 radical (unpaired) electrons. The van der Waals surface area contributed by atoms with Gasteiger partial charge in [0, 0.05) is 6.42 Å². The van der Waals surface area contributed by atoms with Gasteiger partial charge in [-0.2, -0.15) is 0 Å². The first kappa shape index (κ1) is 66.4. The van der Waals surface area contributed by atoms with Crippen LogP contribution in [0.1, 0.15) is 245 Å². The molecule has 8 atom stereocenters. The van der Waals surface area contributed by atoms with E-state index in [1.54, 1.807) is 6.08 Å². The molecular weight excluding hydrogens is 895 g/mol. The number of allylic oxidation sites excluding steroid dienone is 9. The molecule has 1 amide bonds. The van der Waals surface area contributed by atoms with Crippen molar-refractivity contribution in [1.29, 1.82) is 0 Å². The van der Waals surface area contributed by atoms with E-state index in [1.165, 1.54) is 96.3 Å². The third-order valence-electron chi connectivity index (χ3n) is 13.4. The second-order valence-electron chi connectivity index (χ2n) is 20.0. The van der Waals surface area contributed by atoms with Crippen LogP contribution in [-0.2, 0) is 23.8 Å². The van der Waals surface area contributed by atoms with Crippen molar-refractivity contribution in [2.45, 2.75) is 294 Å². The molecule has 8 unspecified atom stereocenters. The molecule has 11 nitrogen and oxygen atoms in total. The average molecular weight is 1000 g/mol. The smallest absolute Gasteiger partial charge is 0.306 e. The first-order chi connectivity index (χ1) is 34.7. The van der Waals surface area contributed by atoms with Crippen molar-refractivity contribution in [2.24, 2.45) is 0 Å². The van der Waals surface area contributed by atoms with Gasteiger partial charge < -0.3 is 45.1 Å². The van der Waals surface area contributed by atoms with Crippen molar-refractivity contribution in [3.63, 3.8) is 0 Å². The van der Waals surface area contributed by atoms with Gasteiger partial charge in [-0.3, -0.25) is 9.59 Å². The number of aliphatic hydroxyl groups excluding tert-OH is 5. The van der Waals surface area contributed by atoms with E-state index in [0.29, 0.717) is 12.8 Å². The van der Waals surface area contributed by atoms with Crippen LogP contribution >= 0.6 is 0 Å². The van der Waals surface area contributed by atoms with Crippen LogP contribution in [0.2, 0.25) is 0 Å². The number of aliphatic hydroxyl groups is 5. The lowest BCUT2D eigenvalue weighted by atomic mass is 9.99. The van der Waals surface area contributed by atoms with Crippen LogP contribution < -0.4 is 5.32 Å². The van der Waals surface area contributed by atoms with Crippen LogP contribution in [0.15, 0.2) is 60.8 Å². The highest BCUT2D eigenvalue weighted by atomic mass is 16.7. The van der Waals surface area contributed by atoms with Crippen molar-refractivity contribution in [1.82, 2.24) is 5.32 Å². The zero-order valence-corrected chi connectivity index (χ0v) is 45.3. The second-order valence-corrected chi connectivity index (χ2v) is 20.0. The zero-order valence-electron chi connectivity index (χ0n) is 45.3. The number of ether oxygens (including phenoxy) is 3. The number of hydrogen-bond acceptors (Lipinski definition) is 10. The summed E-state index contributed by atoms with van der Waals surface area (Å²) in [4.78, 5) is 26.4. The lowest BCUT2D eigenvalue weighted by molar-refractivity contribution is -0.305. The Bertz CT molecular complexity index is 1380. The molecule has 0 bridgehead atoms. The maximum Gasteiger partial charge on any atom is 0.306 e. The predicted octanol–water partition coefficient (Wildman–Crippen LogP) is 13.1. The summed E-state index contributed by atoms with van der Waals surface area (Å²) < 4.78 is 17.5. The Morgan fingerprint density at radius 3 is 1.54 bits per heavy atom. The summed E-state index contributed by atoms with van der Waals surface area (Å²) in [5.41, 5.74) is 0. The number of nitrogens with one attached hydrogen (secondary N) is 1. The first-order valence-electron chi connectivity index (χ1n) is 29.1. The molecule has 0 aromatic carbocycles. The van der Waals surface area contributed by atoms with Gasteiger partial charge in [0.05, 0.1) is 25.4 Å². The van der Waals surface area contributed by atoms with Gasteiger partial charge in [-0.25, -0.2) is 0 Å². The molecule has 0 aromatic heterocycles. The highest BCUT2D eigenvalue weighted by molar-refractivity contribution is 5.80. The molecule has 412 valence electrons.